The van der Waals surface area contributed by atoms with Gasteiger partial charge in [-0.05, 0) is 42.4 Å². The van der Waals surface area contributed by atoms with Crippen molar-refractivity contribution < 1.29 is 0 Å². The summed E-state index contributed by atoms with van der Waals surface area (Å²) in [6.45, 7) is 18.0. The van der Waals surface area contributed by atoms with Gasteiger partial charge in [0.1, 0.15) is 0 Å². The Morgan fingerprint density at radius 2 is 1.35 bits per heavy atom. The van der Waals surface area contributed by atoms with E-state index >= 15 is 0 Å². The van der Waals surface area contributed by atoms with Gasteiger partial charge in [0.15, 0.2) is 0 Å². The number of unbranched alkanes of at least 4 members (excludes halogenated alkanes) is 8. The summed E-state index contributed by atoms with van der Waals surface area (Å²) in [5.74, 6) is 0.758. The van der Waals surface area contributed by atoms with Crippen molar-refractivity contribution in [1.82, 2.24) is 0 Å². The van der Waals surface area contributed by atoms with Gasteiger partial charge in [0.25, 0.3) is 0 Å². The Balaban J connectivity index is 2.35. The first-order chi connectivity index (χ1) is 12.2. The highest BCUT2D eigenvalue weighted by Gasteiger charge is 2.30. The molecule has 0 saturated carbocycles. The molecule has 0 heteroatoms. The van der Waals surface area contributed by atoms with Gasteiger partial charge in [0.05, 0.1) is 0 Å². The molecule has 0 amide bonds. The second kappa shape index (κ2) is 11.2. The van der Waals surface area contributed by atoms with E-state index in [1.165, 1.54) is 70.6 Å². The van der Waals surface area contributed by atoms with Gasteiger partial charge in [-0.1, -0.05) is 116 Å². The standard InChI is InChI=1S/C26H46/c1-8-9-10-11-12-13-14-15-16-17-18-22-21-23(25(2,3)4)19-20-24(22)26(5,6)7/h8,19-20,22H,1,9-18,21H2,2-7H3. The zero-order valence-electron chi connectivity index (χ0n) is 18.8. The maximum absolute atomic E-state index is 3.80. The van der Waals surface area contributed by atoms with Crippen LogP contribution in [-0.4, -0.2) is 0 Å². The van der Waals surface area contributed by atoms with Gasteiger partial charge < -0.3 is 0 Å². The monoisotopic (exact) mass is 358 g/mol. The van der Waals surface area contributed by atoms with E-state index in [9.17, 15) is 0 Å². The Labute approximate surface area is 165 Å². The Bertz CT molecular complexity index is 461. The first-order valence-corrected chi connectivity index (χ1v) is 11.2. The Kier molecular flexibility index (Phi) is 9.98. The third-order valence-electron chi connectivity index (χ3n) is 5.91. The van der Waals surface area contributed by atoms with E-state index in [1.807, 2.05) is 6.08 Å². The molecule has 1 rings (SSSR count). The number of allylic oxidation sites excluding steroid dienone is 5. The number of hydrogen-bond donors (Lipinski definition) is 0. The van der Waals surface area contributed by atoms with E-state index in [0.717, 1.165) is 5.92 Å². The minimum atomic E-state index is 0.302. The molecule has 0 radical (unpaired) electrons. The van der Waals surface area contributed by atoms with Crippen LogP contribution in [0.1, 0.15) is 112 Å². The topological polar surface area (TPSA) is 0 Å². The maximum atomic E-state index is 3.80. The maximum Gasteiger partial charge on any atom is -0.0157 e. The fourth-order valence-corrected chi connectivity index (χ4v) is 4.19. The molecule has 0 aromatic carbocycles. The van der Waals surface area contributed by atoms with Crippen LogP contribution in [0.15, 0.2) is 36.0 Å². The number of hydrogen-bond acceptors (Lipinski definition) is 0. The summed E-state index contributed by atoms with van der Waals surface area (Å²) in [7, 11) is 0. The molecule has 1 aliphatic carbocycles. The third kappa shape index (κ3) is 8.74. The fraction of sp³-hybridized carbons (Fsp3) is 0.769. The highest BCUT2D eigenvalue weighted by Crippen LogP contribution is 2.43. The van der Waals surface area contributed by atoms with Gasteiger partial charge in [0.2, 0.25) is 0 Å². The molecule has 1 atom stereocenters. The SMILES string of the molecule is C=CCCCCCCCCCCC1CC(C(C)(C)C)=CC=C1C(C)(C)C. The first kappa shape index (κ1) is 23.3. The van der Waals surface area contributed by atoms with Crippen molar-refractivity contribution in [3.63, 3.8) is 0 Å². The summed E-state index contributed by atoms with van der Waals surface area (Å²) in [4.78, 5) is 0. The zero-order valence-corrected chi connectivity index (χ0v) is 18.8. The van der Waals surface area contributed by atoms with Gasteiger partial charge in [-0.3, -0.25) is 0 Å². The van der Waals surface area contributed by atoms with Crippen LogP contribution >= 0.6 is 0 Å². The van der Waals surface area contributed by atoms with Gasteiger partial charge >= 0.3 is 0 Å². The van der Waals surface area contributed by atoms with Gasteiger partial charge in [0, 0.05) is 0 Å². The summed E-state index contributed by atoms with van der Waals surface area (Å²) < 4.78 is 0. The average molecular weight is 359 g/mol. The van der Waals surface area contributed by atoms with Crippen molar-refractivity contribution in [3.05, 3.63) is 36.0 Å². The molecule has 0 fully saturated rings. The van der Waals surface area contributed by atoms with Crippen LogP contribution in [0.3, 0.4) is 0 Å². The first-order valence-electron chi connectivity index (χ1n) is 11.2. The Morgan fingerprint density at radius 1 is 0.808 bits per heavy atom. The van der Waals surface area contributed by atoms with E-state index < -0.39 is 0 Å². The van der Waals surface area contributed by atoms with Crippen molar-refractivity contribution in [2.24, 2.45) is 16.7 Å². The van der Waals surface area contributed by atoms with Crippen LogP contribution in [0, 0.1) is 16.7 Å². The highest BCUT2D eigenvalue weighted by atomic mass is 14.4. The van der Waals surface area contributed by atoms with Gasteiger partial charge in [-0.25, -0.2) is 0 Å². The molecule has 26 heavy (non-hydrogen) atoms. The van der Waals surface area contributed by atoms with Crippen molar-refractivity contribution >= 4 is 0 Å². The molecule has 0 bridgehead atoms. The molecule has 0 saturated heterocycles. The predicted molar refractivity (Wildman–Crippen MR) is 120 cm³/mol. The predicted octanol–water partition coefficient (Wildman–Crippen LogP) is 9.04. The Morgan fingerprint density at radius 3 is 1.85 bits per heavy atom. The molecule has 0 aliphatic heterocycles. The normalized spacial score (nSPS) is 18.5. The molecule has 0 spiro atoms. The largest absolute Gasteiger partial charge is 0.103 e. The van der Waals surface area contributed by atoms with Gasteiger partial charge in [-0.2, -0.15) is 0 Å². The zero-order chi connectivity index (χ0) is 19.6. The lowest BCUT2D eigenvalue weighted by Gasteiger charge is -2.37. The fourth-order valence-electron chi connectivity index (χ4n) is 4.19. The second-order valence-electron chi connectivity index (χ2n) is 10.4. The molecule has 0 N–H and O–H groups in total. The van der Waals surface area contributed by atoms with E-state index in [2.05, 4.69) is 60.3 Å². The molecule has 0 nitrogen and oxygen atoms in total. The van der Waals surface area contributed by atoms with E-state index in [-0.39, 0.29) is 0 Å². The summed E-state index contributed by atoms with van der Waals surface area (Å²) in [5, 5.41) is 0. The minimum absolute atomic E-state index is 0.302. The van der Waals surface area contributed by atoms with Crippen molar-refractivity contribution in [1.29, 1.82) is 0 Å². The van der Waals surface area contributed by atoms with Crippen molar-refractivity contribution in [2.75, 3.05) is 0 Å². The average Bonchev–Trinajstić information content (AvgIpc) is 2.54. The van der Waals surface area contributed by atoms with Crippen LogP contribution in [0.2, 0.25) is 0 Å². The number of rotatable bonds is 11. The summed E-state index contributed by atoms with van der Waals surface area (Å²) in [6, 6.07) is 0. The van der Waals surface area contributed by atoms with Crippen LogP contribution in [0.5, 0.6) is 0 Å². The Hall–Kier alpha value is -0.780. The smallest absolute Gasteiger partial charge is 0.0157 e. The highest BCUT2D eigenvalue weighted by molar-refractivity contribution is 5.32. The van der Waals surface area contributed by atoms with E-state index in [4.69, 9.17) is 0 Å². The van der Waals surface area contributed by atoms with E-state index in [1.54, 1.807) is 11.1 Å². The molecular weight excluding hydrogens is 312 g/mol. The quantitative estimate of drug-likeness (QED) is 0.255. The molecule has 0 aromatic heterocycles. The lowest BCUT2D eigenvalue weighted by molar-refractivity contribution is 0.361. The van der Waals surface area contributed by atoms with Crippen LogP contribution in [0.4, 0.5) is 0 Å². The van der Waals surface area contributed by atoms with Crippen LogP contribution in [-0.2, 0) is 0 Å². The molecule has 1 unspecified atom stereocenters. The van der Waals surface area contributed by atoms with E-state index in [0.29, 0.717) is 10.8 Å². The molecule has 0 aromatic rings. The molecular formula is C26H46. The van der Waals surface area contributed by atoms with Gasteiger partial charge in [-0.15, -0.1) is 6.58 Å². The van der Waals surface area contributed by atoms with Crippen LogP contribution in [0.25, 0.3) is 0 Å². The second-order valence-corrected chi connectivity index (χ2v) is 10.4. The van der Waals surface area contributed by atoms with Crippen molar-refractivity contribution in [2.45, 2.75) is 112 Å². The molecule has 1 aliphatic rings. The summed E-state index contributed by atoms with van der Waals surface area (Å²) in [6.07, 6.45) is 22.0. The third-order valence-corrected chi connectivity index (χ3v) is 5.91. The summed E-state index contributed by atoms with van der Waals surface area (Å²) in [5.41, 5.74) is 3.92. The lowest BCUT2D eigenvalue weighted by Crippen LogP contribution is -2.24. The van der Waals surface area contributed by atoms with Crippen molar-refractivity contribution in [3.8, 4) is 0 Å². The molecule has 150 valence electrons. The summed E-state index contributed by atoms with van der Waals surface area (Å²) >= 11 is 0. The minimum Gasteiger partial charge on any atom is -0.103 e. The molecule has 0 heterocycles. The lowest BCUT2D eigenvalue weighted by atomic mass is 9.68. The van der Waals surface area contributed by atoms with Crippen LogP contribution < -0.4 is 0 Å².